The molecule has 2 aromatic rings. The predicted octanol–water partition coefficient (Wildman–Crippen LogP) is 3.29. The smallest absolute Gasteiger partial charge is 0.237 e. The summed E-state index contributed by atoms with van der Waals surface area (Å²) in [6.45, 7) is -0.130. The van der Waals surface area contributed by atoms with Crippen LogP contribution in [0.2, 0.25) is 0 Å². The van der Waals surface area contributed by atoms with Gasteiger partial charge in [-0.05, 0) is 34.1 Å². The number of hydrogen-bond donors (Lipinski definition) is 1. The number of nitrogens with zero attached hydrogens (tertiary/aromatic N) is 2. The summed E-state index contributed by atoms with van der Waals surface area (Å²) in [6, 6.07) is 5.57. The fraction of sp³-hybridized carbons (Fsp3) is 0.0909. The number of ether oxygens (including phenoxy) is 1. The van der Waals surface area contributed by atoms with Gasteiger partial charge in [-0.2, -0.15) is 0 Å². The number of aliphatic hydroxyl groups excluding tert-OH is 1. The van der Waals surface area contributed by atoms with Crippen molar-refractivity contribution in [2.45, 2.75) is 6.61 Å². The van der Waals surface area contributed by atoms with E-state index in [9.17, 15) is 0 Å². The summed E-state index contributed by atoms with van der Waals surface area (Å²) in [5, 5.41) is 8.84. The molecule has 0 unspecified atom stereocenters. The number of aliphatic hydroxyl groups is 1. The lowest BCUT2D eigenvalue weighted by atomic mass is 10.3. The minimum atomic E-state index is -0.130. The Labute approximate surface area is 115 Å². The van der Waals surface area contributed by atoms with Crippen molar-refractivity contribution >= 4 is 31.9 Å². The van der Waals surface area contributed by atoms with Crippen molar-refractivity contribution in [2.24, 2.45) is 0 Å². The average Bonchev–Trinajstić information content (AvgIpc) is 2.34. The van der Waals surface area contributed by atoms with E-state index >= 15 is 0 Å². The molecule has 0 aliphatic heterocycles. The molecule has 2 rings (SSSR count). The summed E-state index contributed by atoms with van der Waals surface area (Å²) in [5.41, 5.74) is 0.507. The summed E-state index contributed by atoms with van der Waals surface area (Å²) >= 11 is 6.75. The molecule has 88 valence electrons. The van der Waals surface area contributed by atoms with Gasteiger partial charge < -0.3 is 9.84 Å². The summed E-state index contributed by atoms with van der Waals surface area (Å²) in [4.78, 5) is 8.01. The third-order valence-electron chi connectivity index (χ3n) is 1.95. The largest absolute Gasteiger partial charge is 0.436 e. The Balaban J connectivity index is 2.19. The Morgan fingerprint density at radius 2 is 2.00 bits per heavy atom. The monoisotopic (exact) mass is 358 g/mol. The van der Waals surface area contributed by atoms with Crippen LogP contribution in [-0.2, 0) is 6.61 Å². The minimum Gasteiger partial charge on any atom is -0.436 e. The molecule has 0 aliphatic carbocycles. The lowest BCUT2D eigenvalue weighted by Crippen LogP contribution is -1.94. The van der Waals surface area contributed by atoms with Crippen molar-refractivity contribution in [3.05, 3.63) is 45.2 Å². The second kappa shape index (κ2) is 5.57. The van der Waals surface area contributed by atoms with E-state index in [1.54, 1.807) is 0 Å². The van der Waals surface area contributed by atoms with Crippen LogP contribution in [-0.4, -0.2) is 15.1 Å². The maximum atomic E-state index is 8.84. The lowest BCUT2D eigenvalue weighted by Gasteiger charge is -2.06. The molecule has 6 heteroatoms. The Morgan fingerprint density at radius 3 is 2.59 bits per heavy atom. The normalized spacial score (nSPS) is 10.3. The van der Waals surface area contributed by atoms with Crippen molar-refractivity contribution in [1.29, 1.82) is 0 Å². The molecular weight excluding hydrogens is 352 g/mol. The molecule has 0 fully saturated rings. The first kappa shape index (κ1) is 12.5. The van der Waals surface area contributed by atoms with Gasteiger partial charge in [0.2, 0.25) is 5.88 Å². The van der Waals surface area contributed by atoms with E-state index in [4.69, 9.17) is 9.84 Å². The molecular formula is C11H8Br2N2O2. The average molecular weight is 360 g/mol. The van der Waals surface area contributed by atoms with Gasteiger partial charge in [-0.15, -0.1) is 0 Å². The van der Waals surface area contributed by atoms with Crippen LogP contribution in [0.25, 0.3) is 0 Å². The highest BCUT2D eigenvalue weighted by Crippen LogP contribution is 2.30. The SMILES string of the molecule is OCc1cnc(Oc2ccc(Br)cc2Br)cn1. The number of halogens is 2. The molecule has 1 N–H and O–H groups in total. The second-order valence-corrected chi connectivity index (χ2v) is 4.95. The number of benzene rings is 1. The van der Waals surface area contributed by atoms with Gasteiger partial charge in [0.05, 0.1) is 29.2 Å². The summed E-state index contributed by atoms with van der Waals surface area (Å²) < 4.78 is 7.32. The molecule has 0 amide bonds. The molecule has 1 aromatic carbocycles. The van der Waals surface area contributed by atoms with Gasteiger partial charge in [0, 0.05) is 4.47 Å². The van der Waals surface area contributed by atoms with E-state index in [1.165, 1.54) is 12.4 Å². The van der Waals surface area contributed by atoms with E-state index in [2.05, 4.69) is 41.8 Å². The van der Waals surface area contributed by atoms with E-state index in [-0.39, 0.29) is 6.61 Å². The van der Waals surface area contributed by atoms with Crippen molar-refractivity contribution in [1.82, 2.24) is 9.97 Å². The van der Waals surface area contributed by atoms with Crippen LogP contribution < -0.4 is 4.74 Å². The van der Waals surface area contributed by atoms with Crippen LogP contribution in [0, 0.1) is 0 Å². The third kappa shape index (κ3) is 3.24. The maximum absolute atomic E-state index is 8.84. The van der Waals surface area contributed by atoms with Crippen LogP contribution in [0.1, 0.15) is 5.69 Å². The van der Waals surface area contributed by atoms with Gasteiger partial charge in [0.15, 0.2) is 0 Å². The topological polar surface area (TPSA) is 55.2 Å². The predicted molar refractivity (Wildman–Crippen MR) is 69.9 cm³/mol. The summed E-state index contributed by atoms with van der Waals surface area (Å²) in [7, 11) is 0. The number of aromatic nitrogens is 2. The van der Waals surface area contributed by atoms with E-state index < -0.39 is 0 Å². The third-order valence-corrected chi connectivity index (χ3v) is 3.07. The highest BCUT2D eigenvalue weighted by atomic mass is 79.9. The van der Waals surface area contributed by atoms with E-state index in [0.717, 1.165) is 8.95 Å². The summed E-state index contributed by atoms with van der Waals surface area (Å²) in [5.74, 6) is 1.03. The minimum absolute atomic E-state index is 0.130. The Bertz CT molecular complexity index is 517. The molecule has 17 heavy (non-hydrogen) atoms. The number of rotatable bonds is 3. The fourth-order valence-corrected chi connectivity index (χ4v) is 2.28. The fourth-order valence-electron chi connectivity index (χ4n) is 1.15. The van der Waals surface area contributed by atoms with Crippen LogP contribution in [0.3, 0.4) is 0 Å². The second-order valence-electron chi connectivity index (χ2n) is 3.18. The van der Waals surface area contributed by atoms with Gasteiger partial charge >= 0.3 is 0 Å². The van der Waals surface area contributed by atoms with Gasteiger partial charge in [0.1, 0.15) is 5.75 Å². The van der Waals surface area contributed by atoms with Crippen molar-refractivity contribution in [3.8, 4) is 11.6 Å². The van der Waals surface area contributed by atoms with Gasteiger partial charge in [-0.1, -0.05) is 15.9 Å². The van der Waals surface area contributed by atoms with E-state index in [0.29, 0.717) is 17.3 Å². The highest BCUT2D eigenvalue weighted by molar-refractivity contribution is 9.11. The first-order valence-corrected chi connectivity index (χ1v) is 6.32. The highest BCUT2D eigenvalue weighted by Gasteiger charge is 2.04. The first-order chi connectivity index (χ1) is 8.19. The molecule has 0 spiro atoms. The summed E-state index contributed by atoms with van der Waals surface area (Å²) in [6.07, 6.45) is 2.95. The van der Waals surface area contributed by atoms with Gasteiger partial charge in [0.25, 0.3) is 0 Å². The Morgan fingerprint density at radius 1 is 1.18 bits per heavy atom. The quantitative estimate of drug-likeness (QED) is 0.913. The molecule has 0 atom stereocenters. The number of hydrogen-bond acceptors (Lipinski definition) is 4. The zero-order valence-corrected chi connectivity index (χ0v) is 11.8. The van der Waals surface area contributed by atoms with Crippen LogP contribution in [0.15, 0.2) is 39.5 Å². The van der Waals surface area contributed by atoms with Crippen molar-refractivity contribution < 1.29 is 9.84 Å². The van der Waals surface area contributed by atoms with Gasteiger partial charge in [-0.25, -0.2) is 4.98 Å². The van der Waals surface area contributed by atoms with Crippen LogP contribution in [0.5, 0.6) is 11.6 Å². The van der Waals surface area contributed by atoms with Crippen LogP contribution >= 0.6 is 31.9 Å². The maximum Gasteiger partial charge on any atom is 0.237 e. The van der Waals surface area contributed by atoms with E-state index in [1.807, 2.05) is 18.2 Å². The molecule has 0 radical (unpaired) electrons. The Kier molecular flexibility index (Phi) is 4.09. The molecule has 0 aliphatic rings. The first-order valence-electron chi connectivity index (χ1n) is 4.73. The zero-order chi connectivity index (χ0) is 12.3. The standard InChI is InChI=1S/C11H8Br2N2O2/c12-7-1-2-10(9(13)3-7)17-11-5-14-8(6-16)4-15-11/h1-5,16H,6H2. The lowest BCUT2D eigenvalue weighted by molar-refractivity contribution is 0.276. The molecule has 0 saturated carbocycles. The van der Waals surface area contributed by atoms with Crippen molar-refractivity contribution in [2.75, 3.05) is 0 Å². The van der Waals surface area contributed by atoms with Crippen molar-refractivity contribution in [3.63, 3.8) is 0 Å². The molecule has 4 nitrogen and oxygen atoms in total. The molecule has 0 bridgehead atoms. The zero-order valence-electron chi connectivity index (χ0n) is 8.60. The van der Waals surface area contributed by atoms with Gasteiger partial charge in [-0.3, -0.25) is 4.98 Å². The Hall–Kier alpha value is -0.980. The molecule has 0 saturated heterocycles. The molecule has 1 heterocycles. The van der Waals surface area contributed by atoms with Crippen LogP contribution in [0.4, 0.5) is 0 Å². The molecule has 1 aromatic heterocycles.